The molecule has 7 heteroatoms. The normalized spacial score (nSPS) is 11.8. The lowest BCUT2D eigenvalue weighted by molar-refractivity contribution is -0.142. The van der Waals surface area contributed by atoms with Gasteiger partial charge in [-0.25, -0.2) is 13.9 Å². The lowest BCUT2D eigenvalue weighted by Gasteiger charge is -2.11. The molecule has 0 radical (unpaired) electrons. The van der Waals surface area contributed by atoms with Gasteiger partial charge in [-0.3, -0.25) is 0 Å². The van der Waals surface area contributed by atoms with Crippen LogP contribution in [0.2, 0.25) is 0 Å². The van der Waals surface area contributed by atoms with Crippen LogP contribution in [0, 0.1) is 5.82 Å². The molecular formula is C19H11F4N3. The van der Waals surface area contributed by atoms with Crippen molar-refractivity contribution < 1.29 is 17.6 Å². The van der Waals surface area contributed by atoms with Gasteiger partial charge >= 0.3 is 6.18 Å². The number of halogens is 4. The standard InChI is InChI=1S/C19H11F4N3/c20-14-8-6-13(7-9-14)16-10-17(19(21,22)23)26-18(25-16)15(11-24-26)12-4-2-1-3-5-12/h1-11H. The Morgan fingerprint density at radius 2 is 1.54 bits per heavy atom. The smallest absolute Gasteiger partial charge is 0.228 e. The first kappa shape index (κ1) is 16.3. The van der Waals surface area contributed by atoms with Crippen molar-refractivity contribution in [2.45, 2.75) is 6.18 Å². The molecule has 0 amide bonds. The van der Waals surface area contributed by atoms with Gasteiger partial charge in [-0.05, 0) is 35.9 Å². The van der Waals surface area contributed by atoms with Gasteiger partial charge < -0.3 is 0 Å². The van der Waals surface area contributed by atoms with Crippen molar-refractivity contribution in [2.75, 3.05) is 0 Å². The second kappa shape index (κ2) is 5.94. The highest BCUT2D eigenvalue weighted by molar-refractivity contribution is 5.78. The van der Waals surface area contributed by atoms with Crippen LogP contribution in [0.25, 0.3) is 28.0 Å². The minimum absolute atomic E-state index is 0.0883. The highest BCUT2D eigenvalue weighted by Gasteiger charge is 2.35. The Bertz CT molecular complexity index is 1070. The summed E-state index contributed by atoms with van der Waals surface area (Å²) in [5.41, 5.74) is 0.830. The van der Waals surface area contributed by atoms with Crippen molar-refractivity contribution in [1.29, 1.82) is 0 Å². The number of aromatic nitrogens is 3. The minimum Gasteiger partial charge on any atom is -0.228 e. The van der Waals surface area contributed by atoms with E-state index in [2.05, 4.69) is 10.1 Å². The van der Waals surface area contributed by atoms with Gasteiger partial charge in [0, 0.05) is 11.1 Å². The maximum absolute atomic E-state index is 13.5. The molecule has 3 nitrogen and oxygen atoms in total. The van der Waals surface area contributed by atoms with E-state index in [-0.39, 0.29) is 11.3 Å². The van der Waals surface area contributed by atoms with Crippen molar-refractivity contribution >= 4 is 5.65 Å². The van der Waals surface area contributed by atoms with Crippen LogP contribution < -0.4 is 0 Å². The van der Waals surface area contributed by atoms with Crippen LogP contribution >= 0.6 is 0 Å². The van der Waals surface area contributed by atoms with E-state index >= 15 is 0 Å². The molecule has 26 heavy (non-hydrogen) atoms. The molecule has 0 aliphatic heterocycles. The first-order valence-corrected chi connectivity index (χ1v) is 7.71. The molecule has 0 atom stereocenters. The summed E-state index contributed by atoms with van der Waals surface area (Å²) < 4.78 is 54.6. The first-order chi connectivity index (χ1) is 12.4. The van der Waals surface area contributed by atoms with Crippen molar-refractivity contribution in [3.05, 3.63) is 78.4 Å². The minimum atomic E-state index is -4.62. The highest BCUT2D eigenvalue weighted by Crippen LogP contribution is 2.34. The molecule has 0 N–H and O–H groups in total. The van der Waals surface area contributed by atoms with Crippen LogP contribution in [0.3, 0.4) is 0 Å². The summed E-state index contributed by atoms with van der Waals surface area (Å²) in [5, 5.41) is 3.88. The zero-order valence-electron chi connectivity index (χ0n) is 13.2. The second-order valence-corrected chi connectivity index (χ2v) is 5.69. The summed E-state index contributed by atoms with van der Waals surface area (Å²) in [5.74, 6) is -0.472. The van der Waals surface area contributed by atoms with Gasteiger partial charge in [-0.1, -0.05) is 30.3 Å². The zero-order valence-corrected chi connectivity index (χ0v) is 13.2. The van der Waals surface area contributed by atoms with Gasteiger partial charge in [0.2, 0.25) is 0 Å². The lowest BCUT2D eigenvalue weighted by atomic mass is 10.1. The Morgan fingerprint density at radius 1 is 0.846 bits per heavy atom. The Balaban J connectivity index is 2.01. The van der Waals surface area contributed by atoms with E-state index in [1.807, 2.05) is 6.07 Å². The summed E-state index contributed by atoms with van der Waals surface area (Å²) in [6.07, 6.45) is -3.25. The number of rotatable bonds is 2. The Labute approximate surface area is 145 Å². The molecule has 4 aromatic rings. The molecule has 0 fully saturated rings. The third kappa shape index (κ3) is 2.81. The predicted octanol–water partition coefficient (Wildman–Crippen LogP) is 5.22. The molecule has 0 unspecified atom stereocenters. The molecule has 130 valence electrons. The topological polar surface area (TPSA) is 30.2 Å². The third-order valence-electron chi connectivity index (χ3n) is 3.99. The summed E-state index contributed by atoms with van der Waals surface area (Å²) in [4.78, 5) is 4.36. The number of benzene rings is 2. The van der Waals surface area contributed by atoms with Gasteiger partial charge in [0.1, 0.15) is 5.82 Å². The van der Waals surface area contributed by atoms with Crippen LogP contribution in [0.5, 0.6) is 0 Å². The van der Waals surface area contributed by atoms with Crippen molar-refractivity contribution in [3.63, 3.8) is 0 Å². The highest BCUT2D eigenvalue weighted by atomic mass is 19.4. The average Bonchev–Trinajstić information content (AvgIpc) is 3.05. The fourth-order valence-corrected chi connectivity index (χ4v) is 2.75. The molecule has 0 saturated heterocycles. The molecular weight excluding hydrogens is 346 g/mol. The fourth-order valence-electron chi connectivity index (χ4n) is 2.75. The van der Waals surface area contributed by atoms with E-state index in [0.717, 1.165) is 10.6 Å². The summed E-state index contributed by atoms with van der Waals surface area (Å²) in [6.45, 7) is 0. The molecule has 0 bridgehead atoms. The average molecular weight is 357 g/mol. The van der Waals surface area contributed by atoms with Crippen molar-refractivity contribution in [1.82, 2.24) is 14.6 Å². The van der Waals surface area contributed by atoms with E-state index < -0.39 is 17.7 Å². The molecule has 2 heterocycles. The molecule has 2 aromatic carbocycles. The van der Waals surface area contributed by atoms with E-state index in [1.165, 1.54) is 30.5 Å². The first-order valence-electron chi connectivity index (χ1n) is 7.71. The number of fused-ring (bicyclic) bond motifs is 1. The van der Waals surface area contributed by atoms with Crippen molar-refractivity contribution in [3.8, 4) is 22.4 Å². The Morgan fingerprint density at radius 3 is 2.19 bits per heavy atom. The monoisotopic (exact) mass is 357 g/mol. The predicted molar refractivity (Wildman–Crippen MR) is 88.8 cm³/mol. The van der Waals surface area contributed by atoms with Crippen LogP contribution in [-0.2, 0) is 6.18 Å². The zero-order chi connectivity index (χ0) is 18.3. The number of alkyl halides is 3. The van der Waals surface area contributed by atoms with E-state index in [0.29, 0.717) is 16.7 Å². The second-order valence-electron chi connectivity index (χ2n) is 5.69. The van der Waals surface area contributed by atoms with Gasteiger partial charge in [-0.2, -0.15) is 18.3 Å². The van der Waals surface area contributed by atoms with Gasteiger partial charge in [-0.15, -0.1) is 0 Å². The lowest BCUT2D eigenvalue weighted by Crippen LogP contribution is -2.13. The maximum Gasteiger partial charge on any atom is 0.433 e. The summed E-state index contributed by atoms with van der Waals surface area (Å²) in [6, 6.07) is 15.0. The summed E-state index contributed by atoms with van der Waals surface area (Å²) >= 11 is 0. The van der Waals surface area contributed by atoms with Crippen LogP contribution in [0.15, 0.2) is 66.9 Å². The number of hydrogen-bond acceptors (Lipinski definition) is 2. The van der Waals surface area contributed by atoms with E-state index in [9.17, 15) is 17.6 Å². The third-order valence-corrected chi connectivity index (χ3v) is 3.99. The van der Waals surface area contributed by atoms with Crippen LogP contribution in [0.1, 0.15) is 5.69 Å². The molecule has 4 rings (SSSR count). The van der Waals surface area contributed by atoms with Crippen LogP contribution in [-0.4, -0.2) is 14.6 Å². The van der Waals surface area contributed by atoms with Crippen molar-refractivity contribution in [2.24, 2.45) is 0 Å². The quantitative estimate of drug-likeness (QED) is 0.460. The number of nitrogens with zero attached hydrogens (tertiary/aromatic N) is 3. The largest absolute Gasteiger partial charge is 0.433 e. The number of hydrogen-bond donors (Lipinski definition) is 0. The van der Waals surface area contributed by atoms with Gasteiger partial charge in [0.15, 0.2) is 11.3 Å². The maximum atomic E-state index is 13.5. The SMILES string of the molecule is Fc1ccc(-c2cc(C(F)(F)F)n3ncc(-c4ccccc4)c3n2)cc1. The molecule has 0 saturated carbocycles. The van der Waals surface area contributed by atoms with Gasteiger partial charge in [0.25, 0.3) is 0 Å². The molecule has 0 aliphatic carbocycles. The Kier molecular flexibility index (Phi) is 3.72. The summed E-state index contributed by atoms with van der Waals surface area (Å²) in [7, 11) is 0. The Hall–Kier alpha value is -3.22. The fraction of sp³-hybridized carbons (Fsp3) is 0.0526. The molecule has 0 spiro atoms. The van der Waals surface area contributed by atoms with Crippen LogP contribution in [0.4, 0.5) is 17.6 Å². The van der Waals surface area contributed by atoms with E-state index in [4.69, 9.17) is 0 Å². The molecule has 0 aliphatic rings. The molecule has 2 aromatic heterocycles. The van der Waals surface area contributed by atoms with E-state index in [1.54, 1.807) is 24.3 Å². The van der Waals surface area contributed by atoms with Gasteiger partial charge in [0.05, 0.1) is 11.9 Å².